The van der Waals surface area contributed by atoms with Crippen LogP contribution in [0.3, 0.4) is 0 Å². The van der Waals surface area contributed by atoms with Crippen molar-refractivity contribution in [1.82, 2.24) is 5.32 Å². The molecular weight excluding hydrogens is 256 g/mol. The van der Waals surface area contributed by atoms with Crippen molar-refractivity contribution >= 4 is 17.5 Å². The molecule has 2 rings (SSSR count). The smallest absolute Gasteiger partial charge is 0.240 e. The number of aryl methyl sites for hydroxylation is 1. The third-order valence-electron chi connectivity index (χ3n) is 3.52. The quantitative estimate of drug-likeness (QED) is 0.611. The molecular formula is C15H20N2O3. The SMILES string of the molecule is COCCNC(=O)C1(C(=O)Nc2ccc(C)cc2)CC1. The molecule has 1 saturated carbocycles. The summed E-state index contributed by atoms with van der Waals surface area (Å²) in [4.78, 5) is 24.3. The Hall–Kier alpha value is -1.88. The molecule has 2 amide bonds. The molecule has 1 aliphatic carbocycles. The molecule has 1 aromatic rings. The molecule has 0 saturated heterocycles. The van der Waals surface area contributed by atoms with E-state index in [1.807, 2.05) is 31.2 Å². The average Bonchev–Trinajstić information content (AvgIpc) is 3.23. The molecule has 0 aromatic heterocycles. The minimum Gasteiger partial charge on any atom is -0.383 e. The Morgan fingerprint density at radius 2 is 1.85 bits per heavy atom. The Bertz CT molecular complexity index is 492. The number of ether oxygens (including phenoxy) is 1. The molecule has 0 aliphatic heterocycles. The van der Waals surface area contributed by atoms with E-state index in [2.05, 4.69) is 10.6 Å². The van der Waals surface area contributed by atoms with Gasteiger partial charge in [-0.25, -0.2) is 0 Å². The van der Waals surface area contributed by atoms with E-state index >= 15 is 0 Å². The van der Waals surface area contributed by atoms with Gasteiger partial charge in [0, 0.05) is 19.3 Å². The highest BCUT2D eigenvalue weighted by Gasteiger charge is 2.56. The van der Waals surface area contributed by atoms with Gasteiger partial charge in [0.1, 0.15) is 5.41 Å². The summed E-state index contributed by atoms with van der Waals surface area (Å²) in [5.41, 5.74) is 0.955. The summed E-state index contributed by atoms with van der Waals surface area (Å²) in [6.45, 7) is 2.85. The molecule has 5 nitrogen and oxygen atoms in total. The molecule has 2 N–H and O–H groups in total. The second-order valence-electron chi connectivity index (χ2n) is 5.15. The summed E-state index contributed by atoms with van der Waals surface area (Å²) in [6.07, 6.45) is 1.20. The topological polar surface area (TPSA) is 67.4 Å². The molecule has 1 aliphatic rings. The van der Waals surface area contributed by atoms with Crippen LogP contribution in [-0.4, -0.2) is 32.1 Å². The molecule has 0 spiro atoms. The van der Waals surface area contributed by atoms with Gasteiger partial charge in [0.25, 0.3) is 0 Å². The lowest BCUT2D eigenvalue weighted by Crippen LogP contribution is -2.41. The van der Waals surface area contributed by atoms with Gasteiger partial charge < -0.3 is 15.4 Å². The molecule has 1 fully saturated rings. The monoisotopic (exact) mass is 276 g/mol. The Balaban J connectivity index is 1.94. The minimum atomic E-state index is -0.890. The van der Waals surface area contributed by atoms with E-state index in [0.717, 1.165) is 11.3 Å². The third kappa shape index (κ3) is 3.17. The van der Waals surface area contributed by atoms with Crippen LogP contribution in [0.25, 0.3) is 0 Å². The zero-order valence-electron chi connectivity index (χ0n) is 11.9. The number of hydrogen-bond donors (Lipinski definition) is 2. The summed E-state index contributed by atoms with van der Waals surface area (Å²) in [5.74, 6) is -0.435. The summed E-state index contributed by atoms with van der Waals surface area (Å²) >= 11 is 0. The first kappa shape index (κ1) is 14.5. The summed E-state index contributed by atoms with van der Waals surface area (Å²) in [5, 5.41) is 5.55. The largest absolute Gasteiger partial charge is 0.383 e. The van der Waals surface area contributed by atoms with E-state index in [4.69, 9.17) is 4.74 Å². The molecule has 0 bridgehead atoms. The molecule has 0 unspecified atom stereocenters. The van der Waals surface area contributed by atoms with Crippen molar-refractivity contribution in [1.29, 1.82) is 0 Å². The number of hydrogen-bond acceptors (Lipinski definition) is 3. The first-order chi connectivity index (χ1) is 9.58. The van der Waals surface area contributed by atoms with Crippen LogP contribution < -0.4 is 10.6 Å². The van der Waals surface area contributed by atoms with E-state index in [1.165, 1.54) is 0 Å². The highest BCUT2D eigenvalue weighted by molar-refractivity contribution is 6.13. The Morgan fingerprint density at radius 1 is 1.20 bits per heavy atom. The number of methoxy groups -OCH3 is 1. The molecule has 5 heteroatoms. The van der Waals surface area contributed by atoms with Crippen molar-refractivity contribution in [3.8, 4) is 0 Å². The lowest BCUT2D eigenvalue weighted by molar-refractivity contribution is -0.134. The zero-order valence-corrected chi connectivity index (χ0v) is 11.9. The fourth-order valence-electron chi connectivity index (χ4n) is 2.01. The van der Waals surface area contributed by atoms with E-state index in [9.17, 15) is 9.59 Å². The minimum absolute atomic E-state index is 0.209. The number of carbonyl (C=O) groups excluding carboxylic acids is 2. The summed E-state index contributed by atoms with van der Waals surface area (Å²) in [7, 11) is 1.57. The standard InChI is InChI=1S/C15H20N2O3/c1-11-3-5-12(6-4-11)17-14(19)15(7-8-15)13(18)16-9-10-20-2/h3-6H,7-10H2,1-2H3,(H,16,18)(H,17,19). The molecule has 0 atom stereocenters. The van der Waals surface area contributed by atoms with E-state index < -0.39 is 5.41 Å². The lowest BCUT2D eigenvalue weighted by atomic mass is 10.0. The third-order valence-corrected chi connectivity index (χ3v) is 3.52. The Morgan fingerprint density at radius 3 is 2.40 bits per heavy atom. The summed E-state index contributed by atoms with van der Waals surface area (Å²) in [6, 6.07) is 7.53. The van der Waals surface area contributed by atoms with Crippen LogP contribution in [0.1, 0.15) is 18.4 Å². The number of nitrogens with one attached hydrogen (secondary N) is 2. The maximum Gasteiger partial charge on any atom is 0.240 e. The second kappa shape index (κ2) is 6.05. The molecule has 0 heterocycles. The predicted molar refractivity (Wildman–Crippen MR) is 76.4 cm³/mol. The van der Waals surface area contributed by atoms with Gasteiger partial charge in [0.15, 0.2) is 0 Å². The van der Waals surface area contributed by atoms with Crippen LogP contribution >= 0.6 is 0 Å². The van der Waals surface area contributed by atoms with Crippen LogP contribution in [0.4, 0.5) is 5.69 Å². The molecule has 108 valence electrons. The molecule has 1 aromatic carbocycles. The van der Waals surface area contributed by atoms with Gasteiger partial charge in [0.2, 0.25) is 11.8 Å². The lowest BCUT2D eigenvalue weighted by Gasteiger charge is -2.15. The number of benzene rings is 1. The van der Waals surface area contributed by atoms with Crippen LogP contribution in [0.5, 0.6) is 0 Å². The van der Waals surface area contributed by atoms with E-state index in [1.54, 1.807) is 7.11 Å². The molecule has 0 radical (unpaired) electrons. The first-order valence-corrected chi connectivity index (χ1v) is 6.74. The highest BCUT2D eigenvalue weighted by Crippen LogP contribution is 2.46. The van der Waals surface area contributed by atoms with Gasteiger partial charge >= 0.3 is 0 Å². The van der Waals surface area contributed by atoms with Gasteiger partial charge in [-0.1, -0.05) is 17.7 Å². The number of carbonyl (C=O) groups is 2. The van der Waals surface area contributed by atoms with Crippen LogP contribution in [-0.2, 0) is 14.3 Å². The van der Waals surface area contributed by atoms with Crippen LogP contribution in [0, 0.1) is 12.3 Å². The van der Waals surface area contributed by atoms with Gasteiger partial charge in [-0.15, -0.1) is 0 Å². The summed E-state index contributed by atoms with van der Waals surface area (Å²) < 4.78 is 4.88. The Labute approximate surface area is 118 Å². The average molecular weight is 276 g/mol. The predicted octanol–water partition coefficient (Wildman–Crippen LogP) is 1.48. The van der Waals surface area contributed by atoms with Crippen molar-refractivity contribution in [3.63, 3.8) is 0 Å². The normalized spacial score (nSPS) is 15.5. The number of anilines is 1. The van der Waals surface area contributed by atoms with Crippen molar-refractivity contribution < 1.29 is 14.3 Å². The van der Waals surface area contributed by atoms with Crippen molar-refractivity contribution in [2.75, 3.05) is 25.6 Å². The van der Waals surface area contributed by atoms with Gasteiger partial charge in [0.05, 0.1) is 6.61 Å². The van der Waals surface area contributed by atoms with Crippen molar-refractivity contribution in [2.24, 2.45) is 5.41 Å². The van der Waals surface area contributed by atoms with Crippen molar-refractivity contribution in [2.45, 2.75) is 19.8 Å². The fourth-order valence-corrected chi connectivity index (χ4v) is 2.01. The number of amides is 2. The first-order valence-electron chi connectivity index (χ1n) is 6.74. The second-order valence-corrected chi connectivity index (χ2v) is 5.15. The Kier molecular flexibility index (Phi) is 4.39. The fraction of sp³-hybridized carbons (Fsp3) is 0.467. The van der Waals surface area contributed by atoms with Crippen LogP contribution in [0.2, 0.25) is 0 Å². The van der Waals surface area contributed by atoms with E-state index in [0.29, 0.717) is 26.0 Å². The number of rotatable bonds is 6. The molecule has 20 heavy (non-hydrogen) atoms. The maximum absolute atomic E-state index is 12.3. The van der Waals surface area contributed by atoms with Crippen molar-refractivity contribution in [3.05, 3.63) is 29.8 Å². The maximum atomic E-state index is 12.3. The highest BCUT2D eigenvalue weighted by atomic mass is 16.5. The van der Waals surface area contributed by atoms with Gasteiger partial charge in [-0.2, -0.15) is 0 Å². The van der Waals surface area contributed by atoms with Crippen LogP contribution in [0.15, 0.2) is 24.3 Å². The van der Waals surface area contributed by atoms with Gasteiger partial charge in [-0.3, -0.25) is 9.59 Å². The van der Waals surface area contributed by atoms with E-state index in [-0.39, 0.29) is 11.8 Å². The zero-order chi connectivity index (χ0) is 14.6. The van der Waals surface area contributed by atoms with Gasteiger partial charge in [-0.05, 0) is 31.9 Å².